The number of rotatable bonds is 11. The first kappa shape index (κ1) is 47.5. The van der Waals surface area contributed by atoms with Crippen LogP contribution in [-0.4, -0.2) is 65.1 Å². The number of carbonyl (C=O) groups is 2. The molecule has 55 heavy (non-hydrogen) atoms. The number of methoxy groups -OCH3 is 1. The van der Waals surface area contributed by atoms with Crippen LogP contribution in [0, 0.1) is 0 Å². The van der Waals surface area contributed by atoms with Crippen molar-refractivity contribution in [2.45, 2.75) is 20.7 Å². The molecule has 0 aliphatic carbocycles. The molecule has 4 aromatic rings. The number of carboxylic acid groups (broad SMARTS) is 1. The number of ether oxygens (including phenoxy) is 1. The largest absolute Gasteiger partial charge is 2.00 e. The van der Waals surface area contributed by atoms with Gasteiger partial charge in [-0.25, -0.2) is 16.8 Å². The summed E-state index contributed by atoms with van der Waals surface area (Å²) in [7, 11) is -13.0. The SMILES string of the molecule is C=CS(=O)(=O)c1cc([O-])c(N=Nc2c(S(=O)(=O)O)cc3ccc(N=NC4C(=O)N(c5ccc(S(=O)(=O)[O-])cc5)N=C4C(=O)[O-])cc3c2[O-])cc1OC.[Cu+2].[Na+].[Na+]. The van der Waals surface area contributed by atoms with Crippen LogP contribution in [-0.2, 0) is 56.7 Å². The van der Waals surface area contributed by atoms with Gasteiger partial charge in [0.05, 0.1) is 40.7 Å². The Hall–Kier alpha value is -3.62. The first-order valence-corrected chi connectivity index (χ1v) is 18.2. The number of azo groups is 2. The molecule has 0 saturated carbocycles. The molecular formula is C29H18CuN6Na2O14S3. The van der Waals surface area contributed by atoms with Gasteiger partial charge in [0.1, 0.15) is 31.4 Å². The number of nitrogens with zero attached hydrogens (tertiary/aromatic N) is 6. The van der Waals surface area contributed by atoms with Crippen LogP contribution < -0.4 is 84.2 Å². The van der Waals surface area contributed by atoms with Gasteiger partial charge in [-0.15, -0.1) is 5.11 Å². The average molecular weight is 880 g/mol. The van der Waals surface area contributed by atoms with Crippen molar-refractivity contribution in [1.82, 2.24) is 0 Å². The van der Waals surface area contributed by atoms with Crippen molar-refractivity contribution >= 4 is 81.2 Å². The van der Waals surface area contributed by atoms with Gasteiger partial charge in [-0.3, -0.25) is 9.35 Å². The minimum Gasteiger partial charge on any atom is -0.871 e. The number of hydrazone groups is 1. The molecule has 1 heterocycles. The summed E-state index contributed by atoms with van der Waals surface area (Å²) in [5.41, 5.74) is -2.78. The Kier molecular flexibility index (Phi) is 15.6. The maximum absolute atomic E-state index is 13.5. The van der Waals surface area contributed by atoms with Crippen LogP contribution >= 0.6 is 0 Å². The minimum absolute atomic E-state index is 0. The molecule has 0 fully saturated rings. The smallest absolute Gasteiger partial charge is 0.871 e. The van der Waals surface area contributed by atoms with E-state index < -0.39 is 91.3 Å². The number of carboxylic acids is 1. The number of sulfone groups is 1. The molecule has 0 saturated heterocycles. The number of anilines is 1. The predicted molar refractivity (Wildman–Crippen MR) is 170 cm³/mol. The first-order valence-electron chi connectivity index (χ1n) is 13.8. The van der Waals surface area contributed by atoms with Gasteiger partial charge >= 0.3 is 76.2 Å². The van der Waals surface area contributed by atoms with Crippen molar-refractivity contribution in [3.8, 4) is 17.2 Å². The van der Waals surface area contributed by atoms with E-state index in [-0.39, 0.29) is 104 Å². The van der Waals surface area contributed by atoms with Crippen LogP contribution in [0.4, 0.5) is 22.7 Å². The molecule has 1 amide bonds. The molecule has 279 valence electrons. The van der Waals surface area contributed by atoms with Crippen LogP contribution in [0.2, 0.25) is 0 Å². The molecule has 5 rings (SSSR count). The molecule has 0 bridgehead atoms. The van der Waals surface area contributed by atoms with E-state index in [1.54, 1.807) is 0 Å². The topological polar surface area (TPSA) is 323 Å². The molecular weight excluding hydrogens is 862 g/mol. The molecule has 4 aromatic carbocycles. The maximum Gasteiger partial charge on any atom is 2.00 e. The quantitative estimate of drug-likeness (QED) is 0.0839. The number of hydrogen-bond acceptors (Lipinski definition) is 18. The van der Waals surface area contributed by atoms with Gasteiger partial charge in [0.15, 0.2) is 6.04 Å². The van der Waals surface area contributed by atoms with E-state index in [0.717, 1.165) is 49.6 Å². The molecule has 20 nitrogen and oxygen atoms in total. The van der Waals surface area contributed by atoms with E-state index in [0.29, 0.717) is 16.5 Å². The zero-order chi connectivity index (χ0) is 38.3. The molecule has 1 atom stereocenters. The van der Waals surface area contributed by atoms with Crippen molar-refractivity contribution in [2.75, 3.05) is 12.1 Å². The Morgan fingerprint density at radius 3 is 2.13 bits per heavy atom. The second-order valence-electron chi connectivity index (χ2n) is 10.3. The molecule has 1 aliphatic rings. The normalized spacial score (nSPS) is 14.6. The molecule has 0 aromatic heterocycles. The van der Waals surface area contributed by atoms with Gasteiger partial charge in [-0.2, -0.15) is 33.9 Å². The van der Waals surface area contributed by atoms with Crippen LogP contribution in [0.15, 0.2) is 113 Å². The number of benzene rings is 4. The Labute approximate surface area is 366 Å². The number of aliphatic carboxylic acids is 1. The minimum atomic E-state index is -5.15. The number of amides is 1. The maximum atomic E-state index is 13.5. The fourth-order valence-corrected chi connectivity index (χ4v) is 6.61. The first-order chi connectivity index (χ1) is 24.3. The van der Waals surface area contributed by atoms with Gasteiger partial charge in [0.2, 0.25) is 9.84 Å². The summed E-state index contributed by atoms with van der Waals surface area (Å²) in [6, 6.07) is 7.63. The van der Waals surface area contributed by atoms with E-state index in [4.69, 9.17) is 4.74 Å². The second kappa shape index (κ2) is 18.1. The second-order valence-corrected chi connectivity index (χ2v) is 14.9. The van der Waals surface area contributed by atoms with E-state index in [1.807, 2.05) is 0 Å². The zero-order valence-electron chi connectivity index (χ0n) is 28.1. The van der Waals surface area contributed by atoms with E-state index in [9.17, 15) is 59.3 Å². The molecule has 1 N–H and O–H groups in total. The van der Waals surface area contributed by atoms with E-state index >= 15 is 0 Å². The van der Waals surface area contributed by atoms with Crippen LogP contribution in [0.5, 0.6) is 17.2 Å². The summed E-state index contributed by atoms with van der Waals surface area (Å²) in [6.45, 7) is 3.17. The summed E-state index contributed by atoms with van der Waals surface area (Å²) in [6.07, 6.45) is 0. The molecule has 1 unspecified atom stereocenters. The van der Waals surface area contributed by atoms with Gasteiger partial charge in [0, 0.05) is 11.5 Å². The van der Waals surface area contributed by atoms with Crippen molar-refractivity contribution in [3.63, 3.8) is 0 Å². The van der Waals surface area contributed by atoms with Crippen LogP contribution in [0.1, 0.15) is 0 Å². The Morgan fingerprint density at radius 2 is 1.58 bits per heavy atom. The van der Waals surface area contributed by atoms with Crippen molar-refractivity contribution in [1.29, 1.82) is 0 Å². The van der Waals surface area contributed by atoms with Gasteiger partial charge < -0.3 is 29.4 Å². The third kappa shape index (κ3) is 10.0. The van der Waals surface area contributed by atoms with E-state index in [2.05, 4.69) is 32.1 Å². The summed E-state index contributed by atoms with van der Waals surface area (Å²) >= 11 is 0. The van der Waals surface area contributed by atoms with Gasteiger partial charge in [-0.1, -0.05) is 24.1 Å². The number of fused-ring (bicyclic) bond motifs is 1. The van der Waals surface area contributed by atoms with Crippen LogP contribution in [0.25, 0.3) is 10.8 Å². The summed E-state index contributed by atoms with van der Waals surface area (Å²) < 4.78 is 97.4. The fourth-order valence-electron chi connectivity index (χ4n) is 4.62. The molecule has 1 radical (unpaired) electrons. The van der Waals surface area contributed by atoms with Crippen molar-refractivity contribution in [3.05, 3.63) is 72.7 Å². The molecule has 0 spiro atoms. The van der Waals surface area contributed by atoms with Gasteiger partial charge in [0.25, 0.3) is 16.0 Å². The summed E-state index contributed by atoms with van der Waals surface area (Å²) in [5, 5.41) is 57.1. The monoisotopic (exact) mass is 879 g/mol. The van der Waals surface area contributed by atoms with Gasteiger partial charge in [-0.05, 0) is 59.3 Å². The van der Waals surface area contributed by atoms with Crippen LogP contribution in [0.3, 0.4) is 0 Å². The Bertz CT molecular complexity index is 2640. The fraction of sp³-hybridized carbons (Fsp3) is 0.0690. The van der Waals surface area contributed by atoms with Crippen molar-refractivity contribution in [2.24, 2.45) is 25.6 Å². The number of hydrogen-bond donors (Lipinski definition) is 1. The third-order valence-corrected chi connectivity index (χ3v) is 10.2. The standard InChI is InChI=1S/C29H22N6O14S3.Cu.2Na/c1-3-50(41,42)22-13-20(36)19(12-21(22)49-2)31-32-24-23(52(46,47)48)10-14-4-5-15(11-18(14)27(24)37)30-33-25-26(29(39)40)34-35(28(25)38)16-6-8-17(9-7-16)51(43,44)45;;;/h3-13,25,36-37H,1H2,2H3,(H,39,40)(H,43,44,45)(H,46,47,48);;;/q;+2;2*+1/p-4. The predicted octanol–water partition coefficient (Wildman–Crippen LogP) is -4.91. The Balaban J connectivity index is 0.00000348. The summed E-state index contributed by atoms with van der Waals surface area (Å²) in [5.74, 6) is -5.54. The molecule has 1 aliphatic heterocycles. The number of carbonyl (C=O) groups excluding carboxylic acids is 2. The summed E-state index contributed by atoms with van der Waals surface area (Å²) in [4.78, 5) is 22.6. The zero-order valence-corrected chi connectivity index (χ0v) is 35.5. The van der Waals surface area contributed by atoms with Crippen molar-refractivity contribution < 1.29 is 140 Å². The third-order valence-electron chi connectivity index (χ3n) is 7.10. The molecule has 26 heteroatoms. The Morgan fingerprint density at radius 1 is 0.945 bits per heavy atom. The van der Waals surface area contributed by atoms with E-state index in [1.165, 1.54) is 12.1 Å². The average Bonchev–Trinajstić information content (AvgIpc) is 3.42.